The van der Waals surface area contributed by atoms with Gasteiger partial charge in [0.1, 0.15) is 16.5 Å². The van der Waals surface area contributed by atoms with Gasteiger partial charge in [-0.1, -0.05) is 29.3 Å². The monoisotopic (exact) mass is 426 g/mol. The van der Waals surface area contributed by atoms with Crippen LogP contribution in [-0.2, 0) is 0 Å². The Balaban J connectivity index is 0.00000210. The van der Waals surface area contributed by atoms with Crippen LogP contribution in [0.3, 0.4) is 0 Å². The van der Waals surface area contributed by atoms with Gasteiger partial charge in [-0.05, 0) is 61.1 Å². The van der Waals surface area contributed by atoms with Crippen molar-refractivity contribution in [2.24, 2.45) is 17.6 Å². The van der Waals surface area contributed by atoms with Gasteiger partial charge in [0, 0.05) is 24.7 Å². The summed E-state index contributed by atoms with van der Waals surface area (Å²) in [6.07, 6.45) is 2.21. The maximum absolute atomic E-state index is 12.8. The van der Waals surface area contributed by atoms with Crippen LogP contribution in [-0.4, -0.2) is 29.9 Å². The van der Waals surface area contributed by atoms with Gasteiger partial charge in [-0.15, -0.1) is 12.4 Å². The molecule has 1 aliphatic carbocycles. The first-order chi connectivity index (χ1) is 12.5. The summed E-state index contributed by atoms with van der Waals surface area (Å²) in [4.78, 5) is 14.7. The second-order valence-corrected chi connectivity index (χ2v) is 7.84. The average molecular weight is 428 g/mol. The highest BCUT2D eigenvalue weighted by molar-refractivity contribution is 6.42. The molecule has 7 heteroatoms. The zero-order chi connectivity index (χ0) is 18.3. The number of benzene rings is 2. The van der Waals surface area contributed by atoms with Crippen LogP contribution in [0.5, 0.6) is 11.5 Å². The Hall–Kier alpha value is -1.46. The number of halogens is 3. The Labute approximate surface area is 175 Å². The van der Waals surface area contributed by atoms with Crippen molar-refractivity contribution in [1.82, 2.24) is 4.90 Å². The van der Waals surface area contributed by atoms with E-state index in [1.54, 1.807) is 42.5 Å². The standard InChI is InChI=1S/C20H20Cl2N2O2.ClH/c21-16-2-1-3-18(19(16)22)26-14-7-4-12(5-8-14)20(25)24-10-13-6-9-17(23)15(13)11-24;/h1-5,7-8,13,15,17H,6,9-11,23H2;1H. The van der Waals surface area contributed by atoms with E-state index in [-0.39, 0.29) is 24.4 Å². The molecular weight excluding hydrogens is 407 g/mol. The molecule has 4 rings (SSSR count). The third kappa shape index (κ3) is 4.04. The van der Waals surface area contributed by atoms with E-state index >= 15 is 0 Å². The Morgan fingerprint density at radius 1 is 1.07 bits per heavy atom. The normalized spacial score (nSPS) is 23.7. The van der Waals surface area contributed by atoms with Crippen LogP contribution in [0.4, 0.5) is 0 Å². The number of rotatable bonds is 3. The van der Waals surface area contributed by atoms with Crippen molar-refractivity contribution in [3.63, 3.8) is 0 Å². The van der Waals surface area contributed by atoms with Gasteiger partial charge in [-0.3, -0.25) is 4.79 Å². The van der Waals surface area contributed by atoms with Gasteiger partial charge >= 0.3 is 0 Å². The Morgan fingerprint density at radius 3 is 2.52 bits per heavy atom. The summed E-state index contributed by atoms with van der Waals surface area (Å²) in [7, 11) is 0. The number of likely N-dealkylation sites (tertiary alicyclic amines) is 1. The SMILES string of the molecule is Cl.NC1CCC2CN(C(=O)c3ccc(Oc4cccc(Cl)c4Cl)cc3)CC12. The van der Waals surface area contributed by atoms with E-state index in [1.165, 1.54) is 0 Å². The maximum atomic E-state index is 12.8. The Bertz CT molecular complexity index is 828. The molecule has 1 heterocycles. The van der Waals surface area contributed by atoms with Gasteiger partial charge in [0.2, 0.25) is 0 Å². The highest BCUT2D eigenvalue weighted by Crippen LogP contribution is 2.38. The summed E-state index contributed by atoms with van der Waals surface area (Å²) in [5.41, 5.74) is 6.82. The van der Waals surface area contributed by atoms with Gasteiger partial charge in [-0.25, -0.2) is 0 Å². The average Bonchev–Trinajstić information content (AvgIpc) is 3.21. The fraction of sp³-hybridized carbons (Fsp3) is 0.350. The Morgan fingerprint density at radius 2 is 1.81 bits per heavy atom. The largest absolute Gasteiger partial charge is 0.456 e. The molecule has 144 valence electrons. The van der Waals surface area contributed by atoms with Crippen LogP contribution in [0, 0.1) is 11.8 Å². The van der Waals surface area contributed by atoms with Crippen LogP contribution in [0.2, 0.25) is 10.0 Å². The lowest BCUT2D eigenvalue weighted by molar-refractivity contribution is 0.0779. The van der Waals surface area contributed by atoms with Crippen molar-refractivity contribution in [3.05, 3.63) is 58.1 Å². The van der Waals surface area contributed by atoms with Gasteiger partial charge in [-0.2, -0.15) is 0 Å². The number of hydrogen-bond donors (Lipinski definition) is 1. The minimum absolute atomic E-state index is 0. The molecule has 0 bridgehead atoms. The number of fused-ring (bicyclic) bond motifs is 1. The van der Waals surface area contributed by atoms with Crippen molar-refractivity contribution in [3.8, 4) is 11.5 Å². The number of amides is 1. The van der Waals surface area contributed by atoms with E-state index < -0.39 is 0 Å². The fourth-order valence-electron chi connectivity index (χ4n) is 4.01. The first-order valence-corrected chi connectivity index (χ1v) is 9.55. The van der Waals surface area contributed by atoms with Gasteiger partial charge in [0.15, 0.2) is 0 Å². The molecule has 0 spiro atoms. The molecule has 3 atom stereocenters. The number of nitrogens with two attached hydrogens (primary N) is 1. The van der Waals surface area contributed by atoms with Gasteiger partial charge < -0.3 is 15.4 Å². The number of carbonyl (C=O) groups is 1. The summed E-state index contributed by atoms with van der Waals surface area (Å²) >= 11 is 12.1. The number of nitrogens with zero attached hydrogens (tertiary/aromatic N) is 1. The summed E-state index contributed by atoms with van der Waals surface area (Å²) < 4.78 is 5.77. The first-order valence-electron chi connectivity index (χ1n) is 8.79. The summed E-state index contributed by atoms with van der Waals surface area (Å²) in [6, 6.07) is 12.6. The molecule has 0 radical (unpaired) electrons. The minimum atomic E-state index is 0. The highest BCUT2D eigenvalue weighted by atomic mass is 35.5. The molecule has 1 amide bonds. The molecule has 2 aromatic rings. The number of carbonyl (C=O) groups excluding carboxylic acids is 1. The van der Waals surface area contributed by atoms with Crippen LogP contribution < -0.4 is 10.5 Å². The number of hydrogen-bond acceptors (Lipinski definition) is 3. The number of ether oxygens (including phenoxy) is 1. The summed E-state index contributed by atoms with van der Waals surface area (Å²) in [5.74, 6) is 2.15. The molecule has 1 aliphatic heterocycles. The van der Waals surface area contributed by atoms with E-state index in [2.05, 4.69) is 0 Å². The zero-order valence-corrected chi connectivity index (χ0v) is 16.9. The first kappa shape index (κ1) is 20.3. The van der Waals surface area contributed by atoms with Gasteiger partial charge in [0.05, 0.1) is 5.02 Å². The van der Waals surface area contributed by atoms with Crippen LogP contribution >= 0.6 is 35.6 Å². The summed E-state index contributed by atoms with van der Waals surface area (Å²) in [6.45, 7) is 1.58. The molecule has 2 fully saturated rings. The third-order valence-electron chi connectivity index (χ3n) is 5.44. The van der Waals surface area contributed by atoms with E-state index in [1.807, 2.05) is 4.90 Å². The van der Waals surface area contributed by atoms with Crippen LogP contribution in [0.25, 0.3) is 0 Å². The van der Waals surface area contributed by atoms with E-state index in [0.717, 1.165) is 25.9 Å². The second kappa shape index (κ2) is 8.27. The minimum Gasteiger partial charge on any atom is -0.456 e. The van der Waals surface area contributed by atoms with Crippen molar-refractivity contribution in [1.29, 1.82) is 0 Å². The molecule has 4 nitrogen and oxygen atoms in total. The van der Waals surface area contributed by atoms with Crippen LogP contribution in [0.15, 0.2) is 42.5 Å². The van der Waals surface area contributed by atoms with Crippen molar-refractivity contribution in [2.75, 3.05) is 13.1 Å². The predicted molar refractivity (Wildman–Crippen MR) is 110 cm³/mol. The highest BCUT2D eigenvalue weighted by Gasteiger charge is 2.42. The molecular formula is C20H21Cl3N2O2. The molecule has 2 N–H and O–H groups in total. The molecule has 0 aromatic heterocycles. The zero-order valence-electron chi connectivity index (χ0n) is 14.6. The fourth-order valence-corrected chi connectivity index (χ4v) is 4.34. The second-order valence-electron chi connectivity index (χ2n) is 7.05. The van der Waals surface area contributed by atoms with Gasteiger partial charge in [0.25, 0.3) is 5.91 Å². The molecule has 2 aromatic carbocycles. The van der Waals surface area contributed by atoms with Crippen LogP contribution in [0.1, 0.15) is 23.2 Å². The molecule has 2 aliphatic rings. The Kier molecular flexibility index (Phi) is 6.21. The van der Waals surface area contributed by atoms with E-state index in [4.69, 9.17) is 33.7 Å². The predicted octanol–water partition coefficient (Wildman–Crippen LogP) is 5.02. The van der Waals surface area contributed by atoms with Crippen molar-refractivity contribution < 1.29 is 9.53 Å². The lowest BCUT2D eigenvalue weighted by Crippen LogP contribution is -2.33. The molecule has 27 heavy (non-hydrogen) atoms. The molecule has 1 saturated heterocycles. The molecule has 3 unspecified atom stereocenters. The quantitative estimate of drug-likeness (QED) is 0.748. The van der Waals surface area contributed by atoms with Crippen molar-refractivity contribution >= 4 is 41.5 Å². The smallest absolute Gasteiger partial charge is 0.253 e. The molecule has 1 saturated carbocycles. The maximum Gasteiger partial charge on any atom is 0.253 e. The van der Waals surface area contributed by atoms with E-state index in [0.29, 0.717) is 38.9 Å². The van der Waals surface area contributed by atoms with E-state index in [9.17, 15) is 4.79 Å². The topological polar surface area (TPSA) is 55.6 Å². The van der Waals surface area contributed by atoms with Crippen molar-refractivity contribution in [2.45, 2.75) is 18.9 Å². The lowest BCUT2D eigenvalue weighted by atomic mass is 9.98. The third-order valence-corrected chi connectivity index (χ3v) is 6.25. The summed E-state index contributed by atoms with van der Waals surface area (Å²) in [5, 5.41) is 0.808. The lowest BCUT2D eigenvalue weighted by Gasteiger charge is -2.19.